The summed E-state index contributed by atoms with van der Waals surface area (Å²) >= 11 is 1.61. The molecule has 1 heterocycles. The topological polar surface area (TPSA) is 58.5 Å². The van der Waals surface area contributed by atoms with Crippen LogP contribution in [0.1, 0.15) is 16.7 Å². The van der Waals surface area contributed by atoms with Crippen LogP contribution in [0.15, 0.2) is 41.5 Å². The smallest absolute Gasteiger partial charge is 0.422 e. The van der Waals surface area contributed by atoms with Gasteiger partial charge >= 0.3 is 6.18 Å². The van der Waals surface area contributed by atoms with E-state index in [9.17, 15) is 17.6 Å². The Balaban J connectivity index is 1.86. The normalized spacial score (nSPS) is 12.0. The van der Waals surface area contributed by atoms with Crippen molar-refractivity contribution in [2.45, 2.75) is 25.0 Å². The molecule has 2 N–H and O–H groups in total. The predicted octanol–water partition coefficient (Wildman–Crippen LogP) is 3.89. The number of hydrogen-bond donors (Lipinski definition) is 2. The van der Waals surface area contributed by atoms with Crippen molar-refractivity contribution in [3.63, 3.8) is 0 Å². The number of aromatic nitrogens is 1. The van der Waals surface area contributed by atoms with Gasteiger partial charge in [0.2, 0.25) is 5.88 Å². The maximum absolute atomic E-state index is 13.4. The summed E-state index contributed by atoms with van der Waals surface area (Å²) in [5.74, 6) is 0.874. The van der Waals surface area contributed by atoms with Crippen molar-refractivity contribution in [3.05, 3.63) is 59.0 Å². The Bertz CT molecular complexity index is 813. The zero-order valence-corrected chi connectivity index (χ0v) is 16.8. The minimum atomic E-state index is -4.40. The summed E-state index contributed by atoms with van der Waals surface area (Å²) in [6, 6.07) is 7.69. The molecule has 0 saturated carbocycles. The molecule has 0 fully saturated rings. The second-order valence-electron chi connectivity index (χ2n) is 6.03. The molecule has 29 heavy (non-hydrogen) atoms. The Labute approximate surface area is 171 Å². The zero-order valence-electron chi connectivity index (χ0n) is 16.0. The molecule has 10 heteroatoms. The molecular weight excluding hydrogens is 408 g/mol. The molecule has 1 aromatic carbocycles. The SMILES string of the molecule is CN=C(NCc1ccc(OCC(F)(F)F)nc1)NCc1ccc(F)cc1CSC. The van der Waals surface area contributed by atoms with E-state index in [2.05, 4.69) is 25.3 Å². The summed E-state index contributed by atoms with van der Waals surface area (Å²) in [6.07, 6.45) is -1.01. The van der Waals surface area contributed by atoms with Crippen LogP contribution in [-0.2, 0) is 18.8 Å². The molecule has 0 saturated heterocycles. The molecule has 0 unspecified atom stereocenters. The van der Waals surface area contributed by atoms with Crippen molar-refractivity contribution in [1.82, 2.24) is 15.6 Å². The zero-order chi connectivity index (χ0) is 21.3. The molecule has 0 amide bonds. The minimum Gasteiger partial charge on any atom is -0.468 e. The number of pyridine rings is 1. The van der Waals surface area contributed by atoms with Gasteiger partial charge in [-0.05, 0) is 35.1 Å². The number of ether oxygens (including phenoxy) is 1. The Morgan fingerprint density at radius 2 is 1.90 bits per heavy atom. The highest BCUT2D eigenvalue weighted by Gasteiger charge is 2.28. The van der Waals surface area contributed by atoms with Crippen LogP contribution in [0.2, 0.25) is 0 Å². The average Bonchev–Trinajstić information content (AvgIpc) is 2.68. The molecule has 0 bridgehead atoms. The van der Waals surface area contributed by atoms with Gasteiger partial charge in [-0.2, -0.15) is 24.9 Å². The van der Waals surface area contributed by atoms with E-state index in [-0.39, 0.29) is 11.7 Å². The third-order valence-corrected chi connectivity index (χ3v) is 4.38. The lowest BCUT2D eigenvalue weighted by Crippen LogP contribution is -2.36. The number of thioether (sulfide) groups is 1. The molecule has 158 valence electrons. The van der Waals surface area contributed by atoms with E-state index in [1.54, 1.807) is 30.9 Å². The van der Waals surface area contributed by atoms with Gasteiger partial charge < -0.3 is 15.4 Å². The average molecular weight is 430 g/mol. The highest BCUT2D eigenvalue weighted by atomic mass is 32.2. The van der Waals surface area contributed by atoms with Crippen LogP contribution >= 0.6 is 11.8 Å². The van der Waals surface area contributed by atoms with Crippen molar-refractivity contribution in [3.8, 4) is 5.88 Å². The van der Waals surface area contributed by atoms with Gasteiger partial charge in [0, 0.05) is 38.2 Å². The van der Waals surface area contributed by atoms with Crippen LogP contribution in [0.3, 0.4) is 0 Å². The standard InChI is InChI=1S/C19H22F4N4OS/c1-24-18(27-10-14-4-5-16(20)7-15(14)11-29-2)26-9-13-3-6-17(25-8-13)28-12-19(21,22)23/h3-8H,9-12H2,1-2H3,(H2,24,26,27). The maximum Gasteiger partial charge on any atom is 0.422 e. The largest absolute Gasteiger partial charge is 0.468 e. The van der Waals surface area contributed by atoms with Crippen molar-refractivity contribution in [2.24, 2.45) is 4.99 Å². The molecule has 5 nitrogen and oxygen atoms in total. The van der Waals surface area contributed by atoms with Gasteiger partial charge in [0.05, 0.1) is 0 Å². The number of hydrogen-bond acceptors (Lipinski definition) is 4. The molecule has 0 spiro atoms. The molecule has 0 radical (unpaired) electrons. The molecule has 2 rings (SSSR count). The van der Waals surface area contributed by atoms with E-state index in [0.29, 0.717) is 24.8 Å². The highest BCUT2D eigenvalue weighted by molar-refractivity contribution is 7.97. The fraction of sp³-hybridized carbons (Fsp3) is 0.368. The molecule has 1 aromatic heterocycles. The van der Waals surface area contributed by atoms with Gasteiger partial charge in [-0.15, -0.1) is 0 Å². The quantitative estimate of drug-likeness (QED) is 0.378. The Kier molecular flexibility index (Phi) is 8.56. The fourth-order valence-corrected chi connectivity index (χ4v) is 2.98. The third kappa shape index (κ3) is 8.18. The lowest BCUT2D eigenvalue weighted by molar-refractivity contribution is -0.154. The summed E-state index contributed by atoms with van der Waals surface area (Å²) in [7, 11) is 1.62. The van der Waals surface area contributed by atoms with Gasteiger partial charge in [-0.3, -0.25) is 4.99 Å². The summed E-state index contributed by atoms with van der Waals surface area (Å²) in [5, 5.41) is 6.25. The fourth-order valence-electron chi connectivity index (χ4n) is 2.40. The number of benzene rings is 1. The summed E-state index contributed by atoms with van der Waals surface area (Å²) in [4.78, 5) is 7.99. The molecular formula is C19H22F4N4OS. The number of aliphatic imine (C=N–C) groups is 1. The van der Waals surface area contributed by atoms with Crippen LogP contribution in [0, 0.1) is 5.82 Å². The van der Waals surface area contributed by atoms with Gasteiger partial charge in [-0.25, -0.2) is 9.37 Å². The van der Waals surface area contributed by atoms with Crippen molar-refractivity contribution in [1.29, 1.82) is 0 Å². The number of alkyl halides is 3. The summed E-state index contributed by atoms with van der Waals surface area (Å²) in [5.41, 5.74) is 2.63. The minimum absolute atomic E-state index is 0.0915. The summed E-state index contributed by atoms with van der Waals surface area (Å²) in [6.45, 7) is -0.540. The number of nitrogens with one attached hydrogen (secondary N) is 2. The third-order valence-electron chi connectivity index (χ3n) is 3.78. The van der Waals surface area contributed by atoms with Crippen LogP contribution in [0.5, 0.6) is 5.88 Å². The van der Waals surface area contributed by atoms with Gasteiger partial charge in [0.1, 0.15) is 5.82 Å². The molecule has 2 aromatic rings. The second-order valence-corrected chi connectivity index (χ2v) is 6.90. The number of nitrogens with zero attached hydrogens (tertiary/aromatic N) is 2. The van der Waals surface area contributed by atoms with Crippen molar-refractivity contribution < 1.29 is 22.3 Å². The first-order valence-corrected chi connectivity index (χ1v) is 10.1. The summed E-state index contributed by atoms with van der Waals surface area (Å²) < 4.78 is 54.5. The molecule has 0 aliphatic heterocycles. The van der Waals surface area contributed by atoms with Crippen LogP contribution in [0.4, 0.5) is 17.6 Å². The van der Waals surface area contributed by atoms with E-state index < -0.39 is 12.8 Å². The van der Waals surface area contributed by atoms with Crippen LogP contribution in [0.25, 0.3) is 0 Å². The van der Waals surface area contributed by atoms with E-state index in [1.165, 1.54) is 24.4 Å². The van der Waals surface area contributed by atoms with Crippen LogP contribution < -0.4 is 15.4 Å². The van der Waals surface area contributed by atoms with Crippen molar-refractivity contribution >= 4 is 17.7 Å². The van der Waals surface area contributed by atoms with Crippen LogP contribution in [-0.4, -0.2) is 37.0 Å². The molecule has 0 aliphatic rings. The van der Waals surface area contributed by atoms with Crippen molar-refractivity contribution in [2.75, 3.05) is 19.9 Å². The van der Waals surface area contributed by atoms with E-state index >= 15 is 0 Å². The number of rotatable bonds is 8. The Morgan fingerprint density at radius 1 is 1.14 bits per heavy atom. The monoisotopic (exact) mass is 430 g/mol. The van der Waals surface area contributed by atoms with Gasteiger partial charge in [-0.1, -0.05) is 12.1 Å². The predicted molar refractivity (Wildman–Crippen MR) is 106 cm³/mol. The van der Waals surface area contributed by atoms with E-state index in [1.807, 2.05) is 6.26 Å². The highest BCUT2D eigenvalue weighted by Crippen LogP contribution is 2.18. The van der Waals surface area contributed by atoms with Gasteiger partial charge in [0.25, 0.3) is 0 Å². The lowest BCUT2D eigenvalue weighted by atomic mass is 10.1. The first kappa shape index (κ1) is 22.8. The van der Waals surface area contributed by atoms with E-state index in [4.69, 9.17) is 0 Å². The second kappa shape index (κ2) is 10.9. The molecule has 0 aliphatic carbocycles. The number of guanidine groups is 1. The first-order valence-electron chi connectivity index (χ1n) is 8.66. The van der Waals surface area contributed by atoms with Gasteiger partial charge in [0.15, 0.2) is 12.6 Å². The maximum atomic E-state index is 13.4. The lowest BCUT2D eigenvalue weighted by Gasteiger charge is -2.14. The molecule has 0 atom stereocenters. The Hall–Kier alpha value is -2.49. The Morgan fingerprint density at radius 3 is 2.52 bits per heavy atom. The number of halogens is 4. The first-order chi connectivity index (χ1) is 13.8. The van der Waals surface area contributed by atoms with E-state index in [0.717, 1.165) is 16.7 Å².